The normalized spacial score (nSPS) is 12.2. The Morgan fingerprint density at radius 3 is 2.76 bits per heavy atom. The number of amides is 1. The van der Waals surface area contributed by atoms with Gasteiger partial charge in [-0.1, -0.05) is 36.2 Å². The molecule has 0 aliphatic rings. The van der Waals surface area contributed by atoms with E-state index in [0.29, 0.717) is 22.2 Å². The Labute approximate surface area is 111 Å². The van der Waals surface area contributed by atoms with Crippen LogP contribution in [0.4, 0.5) is 0 Å². The fraction of sp³-hybridized carbons (Fsp3) is 0.417. The van der Waals surface area contributed by atoms with Crippen LogP contribution in [0.15, 0.2) is 18.2 Å². The second-order valence-corrected chi connectivity index (χ2v) is 4.56. The van der Waals surface area contributed by atoms with E-state index >= 15 is 0 Å². The molecule has 0 heterocycles. The Bertz CT molecular complexity index is 396. The molecule has 94 valence electrons. The van der Waals surface area contributed by atoms with Gasteiger partial charge in [0.05, 0.1) is 15.6 Å². The summed E-state index contributed by atoms with van der Waals surface area (Å²) in [6.07, 6.45) is 0. The van der Waals surface area contributed by atoms with Crippen LogP contribution in [0.25, 0.3) is 0 Å². The molecule has 0 radical (unpaired) electrons. The van der Waals surface area contributed by atoms with Crippen molar-refractivity contribution in [2.45, 2.75) is 19.9 Å². The van der Waals surface area contributed by atoms with Crippen LogP contribution in [0.3, 0.4) is 0 Å². The summed E-state index contributed by atoms with van der Waals surface area (Å²) in [6, 6.07) is 5.24. The van der Waals surface area contributed by atoms with Crippen LogP contribution < -0.4 is 10.6 Å². The number of nitrogens with one attached hydrogen (secondary N) is 2. The summed E-state index contributed by atoms with van der Waals surface area (Å²) in [4.78, 5) is 11.8. The van der Waals surface area contributed by atoms with Gasteiger partial charge in [0, 0.05) is 12.6 Å². The maximum absolute atomic E-state index is 11.8. The number of rotatable bonds is 5. The van der Waals surface area contributed by atoms with Crippen molar-refractivity contribution >= 4 is 29.1 Å². The van der Waals surface area contributed by atoms with Gasteiger partial charge in [-0.25, -0.2) is 0 Å². The molecule has 0 bridgehead atoms. The van der Waals surface area contributed by atoms with E-state index in [1.54, 1.807) is 18.2 Å². The summed E-state index contributed by atoms with van der Waals surface area (Å²) >= 11 is 11.8. The zero-order valence-corrected chi connectivity index (χ0v) is 11.4. The Balaban J connectivity index is 2.61. The van der Waals surface area contributed by atoms with Crippen LogP contribution >= 0.6 is 23.2 Å². The van der Waals surface area contributed by atoms with Crippen molar-refractivity contribution in [3.05, 3.63) is 33.8 Å². The molecule has 0 fully saturated rings. The second kappa shape index (κ2) is 6.84. The average molecular weight is 275 g/mol. The molecule has 1 aromatic rings. The molecular weight excluding hydrogens is 259 g/mol. The maximum atomic E-state index is 11.8. The van der Waals surface area contributed by atoms with Gasteiger partial charge in [0.25, 0.3) is 5.91 Å². The number of benzene rings is 1. The van der Waals surface area contributed by atoms with Crippen molar-refractivity contribution in [2.24, 2.45) is 0 Å². The third-order valence-electron chi connectivity index (χ3n) is 2.32. The largest absolute Gasteiger partial charge is 0.350 e. The molecule has 0 aliphatic heterocycles. The Kier molecular flexibility index (Phi) is 5.75. The lowest BCUT2D eigenvalue weighted by Gasteiger charge is -2.13. The average Bonchev–Trinajstić information content (AvgIpc) is 2.30. The van der Waals surface area contributed by atoms with Crippen LogP contribution in [0.1, 0.15) is 24.2 Å². The Morgan fingerprint density at radius 1 is 1.41 bits per heavy atom. The van der Waals surface area contributed by atoms with E-state index in [0.717, 1.165) is 6.54 Å². The highest BCUT2D eigenvalue weighted by Crippen LogP contribution is 2.25. The van der Waals surface area contributed by atoms with Crippen LogP contribution in [0, 0.1) is 0 Å². The van der Waals surface area contributed by atoms with Gasteiger partial charge in [-0.15, -0.1) is 0 Å². The summed E-state index contributed by atoms with van der Waals surface area (Å²) in [7, 11) is 0. The van der Waals surface area contributed by atoms with Gasteiger partial charge in [0.15, 0.2) is 0 Å². The zero-order chi connectivity index (χ0) is 12.8. The first kappa shape index (κ1) is 14.3. The van der Waals surface area contributed by atoms with Crippen LogP contribution in [0.2, 0.25) is 10.0 Å². The molecular formula is C12H16Cl2N2O. The Hall–Kier alpha value is -0.770. The van der Waals surface area contributed by atoms with Gasteiger partial charge in [0.1, 0.15) is 0 Å². The highest BCUT2D eigenvalue weighted by Gasteiger charge is 2.12. The number of hydrogen-bond donors (Lipinski definition) is 2. The molecule has 0 spiro atoms. The minimum Gasteiger partial charge on any atom is -0.350 e. The fourth-order valence-electron chi connectivity index (χ4n) is 1.44. The van der Waals surface area contributed by atoms with Gasteiger partial charge >= 0.3 is 0 Å². The molecule has 0 aliphatic carbocycles. The summed E-state index contributed by atoms with van der Waals surface area (Å²) in [5, 5.41) is 6.69. The van der Waals surface area contributed by atoms with Gasteiger partial charge in [-0.2, -0.15) is 0 Å². The van der Waals surface area contributed by atoms with Gasteiger partial charge in [-0.3, -0.25) is 4.79 Å². The highest BCUT2D eigenvalue weighted by molar-refractivity contribution is 6.43. The smallest absolute Gasteiger partial charge is 0.252 e. The number of carbonyl (C=O) groups is 1. The molecule has 0 unspecified atom stereocenters. The molecule has 1 rings (SSSR count). The summed E-state index contributed by atoms with van der Waals surface area (Å²) < 4.78 is 0. The van der Waals surface area contributed by atoms with Crippen molar-refractivity contribution in [3.8, 4) is 0 Å². The van der Waals surface area contributed by atoms with E-state index in [1.165, 1.54) is 0 Å². The van der Waals surface area contributed by atoms with E-state index in [1.807, 2.05) is 13.8 Å². The molecule has 17 heavy (non-hydrogen) atoms. The molecule has 5 heteroatoms. The van der Waals surface area contributed by atoms with Crippen LogP contribution in [-0.2, 0) is 0 Å². The molecule has 2 N–H and O–H groups in total. The van der Waals surface area contributed by atoms with E-state index < -0.39 is 0 Å². The predicted molar refractivity (Wildman–Crippen MR) is 71.9 cm³/mol. The minimum absolute atomic E-state index is 0.206. The van der Waals surface area contributed by atoms with Crippen molar-refractivity contribution in [1.82, 2.24) is 10.6 Å². The molecule has 3 nitrogen and oxygen atoms in total. The summed E-state index contributed by atoms with van der Waals surface area (Å²) in [6.45, 7) is 5.44. The molecule has 0 saturated carbocycles. The lowest BCUT2D eigenvalue weighted by Crippen LogP contribution is -2.38. The number of hydrogen-bond acceptors (Lipinski definition) is 2. The van der Waals surface area contributed by atoms with Gasteiger partial charge in [0.2, 0.25) is 0 Å². The number of halogens is 2. The quantitative estimate of drug-likeness (QED) is 0.867. The van der Waals surface area contributed by atoms with Gasteiger partial charge < -0.3 is 10.6 Å². The third-order valence-corrected chi connectivity index (χ3v) is 3.14. The topological polar surface area (TPSA) is 41.1 Å². The van der Waals surface area contributed by atoms with Crippen molar-refractivity contribution in [3.63, 3.8) is 0 Å². The first-order chi connectivity index (χ1) is 8.06. The van der Waals surface area contributed by atoms with Crippen LogP contribution in [0.5, 0.6) is 0 Å². The van der Waals surface area contributed by atoms with E-state index in [2.05, 4.69) is 10.6 Å². The standard InChI is InChI=1S/C12H16Cl2N2O/c1-3-15-8(2)7-16-12(17)9-5-4-6-10(13)11(9)14/h4-6,8,15H,3,7H2,1-2H3,(H,16,17)/t8-/m1/s1. The van der Waals surface area contributed by atoms with E-state index in [-0.39, 0.29) is 11.9 Å². The lowest BCUT2D eigenvalue weighted by molar-refractivity contribution is 0.0950. The lowest BCUT2D eigenvalue weighted by atomic mass is 10.2. The zero-order valence-electron chi connectivity index (χ0n) is 9.89. The first-order valence-corrected chi connectivity index (χ1v) is 6.27. The minimum atomic E-state index is -0.206. The molecule has 1 amide bonds. The van der Waals surface area contributed by atoms with Crippen molar-refractivity contribution in [1.29, 1.82) is 0 Å². The number of carbonyl (C=O) groups excluding carboxylic acids is 1. The predicted octanol–water partition coefficient (Wildman–Crippen LogP) is 2.72. The van der Waals surface area contributed by atoms with Crippen LogP contribution in [-0.4, -0.2) is 25.0 Å². The van der Waals surface area contributed by atoms with Crippen molar-refractivity contribution in [2.75, 3.05) is 13.1 Å². The monoisotopic (exact) mass is 274 g/mol. The molecule has 0 aromatic heterocycles. The first-order valence-electron chi connectivity index (χ1n) is 5.51. The van der Waals surface area contributed by atoms with Crippen molar-refractivity contribution < 1.29 is 4.79 Å². The number of likely N-dealkylation sites (N-methyl/N-ethyl adjacent to an activating group) is 1. The third kappa shape index (κ3) is 4.19. The highest BCUT2D eigenvalue weighted by atomic mass is 35.5. The second-order valence-electron chi connectivity index (χ2n) is 3.77. The van der Waals surface area contributed by atoms with Gasteiger partial charge in [-0.05, 0) is 25.6 Å². The molecule has 0 saturated heterocycles. The molecule has 1 atom stereocenters. The van der Waals surface area contributed by atoms with E-state index in [9.17, 15) is 4.79 Å². The Morgan fingerprint density at radius 2 is 2.12 bits per heavy atom. The van der Waals surface area contributed by atoms with E-state index in [4.69, 9.17) is 23.2 Å². The maximum Gasteiger partial charge on any atom is 0.252 e. The summed E-state index contributed by atoms with van der Waals surface area (Å²) in [5.74, 6) is -0.206. The molecule has 1 aromatic carbocycles. The summed E-state index contributed by atoms with van der Waals surface area (Å²) in [5.41, 5.74) is 0.405. The SMILES string of the molecule is CCN[C@H](C)CNC(=O)c1cccc(Cl)c1Cl. The fourth-order valence-corrected chi connectivity index (χ4v) is 1.83.